The number of benzene rings is 1. The Kier molecular flexibility index (Phi) is 1.53. The van der Waals surface area contributed by atoms with Crippen LogP contribution in [0.25, 0.3) is 30.5 Å². The Morgan fingerprint density at radius 3 is 3.12 bits per heavy atom. The summed E-state index contributed by atoms with van der Waals surface area (Å²) in [4.78, 5) is 16.0. The molecule has 0 aliphatic heterocycles. The fraction of sp³-hybridized carbons (Fsp3) is 0. The molecule has 0 radical (unpaired) electrons. The Labute approximate surface area is 96.1 Å². The Bertz CT molecular complexity index is 814. The summed E-state index contributed by atoms with van der Waals surface area (Å²) in [5.41, 5.74) is 3.26. The average molecular weight is 273 g/mol. The van der Waals surface area contributed by atoms with E-state index in [1.165, 1.54) is 13.9 Å². The maximum absolute atomic E-state index is 4.39. The molecule has 0 spiro atoms. The molecule has 76 valence electrons. The van der Waals surface area contributed by atoms with Crippen molar-refractivity contribution in [2.75, 3.05) is 0 Å². The number of aromatic amines is 1. The second kappa shape index (κ2) is 2.90. The van der Waals surface area contributed by atoms with Gasteiger partial charge in [0, 0.05) is 0 Å². The van der Waals surface area contributed by atoms with Crippen LogP contribution in [0.2, 0.25) is 0 Å². The summed E-state index contributed by atoms with van der Waals surface area (Å²) < 4.78 is 2.57. The van der Waals surface area contributed by atoms with E-state index in [0.717, 1.165) is 16.6 Å². The molecule has 4 nitrogen and oxygen atoms in total. The van der Waals surface area contributed by atoms with Crippen molar-refractivity contribution in [1.29, 1.82) is 0 Å². The van der Waals surface area contributed by atoms with Crippen molar-refractivity contribution < 1.29 is 0 Å². The molecule has 3 heterocycles. The molecule has 0 saturated carbocycles. The first-order valence-electron chi connectivity index (χ1n) is 4.88. The van der Waals surface area contributed by atoms with Crippen LogP contribution in [-0.2, 0) is 0 Å². The van der Waals surface area contributed by atoms with Gasteiger partial charge in [-0.25, -0.2) is 0 Å². The van der Waals surface area contributed by atoms with Gasteiger partial charge in [-0.3, -0.25) is 0 Å². The van der Waals surface area contributed by atoms with Crippen molar-refractivity contribution in [2.24, 2.45) is 0 Å². The first kappa shape index (κ1) is 8.44. The zero-order valence-corrected chi connectivity index (χ0v) is 9.85. The third-order valence-corrected chi connectivity index (χ3v) is 5.07. The van der Waals surface area contributed by atoms with Crippen molar-refractivity contribution in [3.8, 4) is 0 Å². The van der Waals surface area contributed by atoms with Crippen LogP contribution in [0, 0.1) is 0 Å². The summed E-state index contributed by atoms with van der Waals surface area (Å²) in [6, 6.07) is 4.19. The Morgan fingerprint density at radius 1 is 1.12 bits per heavy atom. The zero-order chi connectivity index (χ0) is 10.5. The molecule has 4 rings (SSSR count). The Balaban J connectivity index is 2.38. The molecule has 0 bridgehead atoms. The van der Waals surface area contributed by atoms with Crippen LogP contribution in [0.1, 0.15) is 0 Å². The van der Waals surface area contributed by atoms with E-state index in [9.17, 15) is 0 Å². The van der Waals surface area contributed by atoms with Gasteiger partial charge in [0.15, 0.2) is 0 Å². The van der Waals surface area contributed by atoms with Gasteiger partial charge in [-0.2, -0.15) is 0 Å². The van der Waals surface area contributed by atoms with E-state index in [1.807, 2.05) is 6.20 Å². The Hall–Kier alpha value is -1.71. The molecule has 3 aromatic heterocycles. The maximum atomic E-state index is 4.39. The van der Waals surface area contributed by atoms with Crippen LogP contribution in [0.4, 0.5) is 0 Å². The molecule has 0 aliphatic rings. The molecule has 5 heteroatoms. The van der Waals surface area contributed by atoms with E-state index >= 15 is 0 Å². The van der Waals surface area contributed by atoms with Crippen LogP contribution in [-0.4, -0.2) is 34.4 Å². The number of rotatable bonds is 0. The molecule has 0 amide bonds. The van der Waals surface area contributed by atoms with Gasteiger partial charge in [-0.1, -0.05) is 0 Å². The summed E-state index contributed by atoms with van der Waals surface area (Å²) in [6.07, 6.45) is 5.27. The first-order chi connectivity index (χ1) is 7.93. The van der Waals surface area contributed by atoms with E-state index in [0.29, 0.717) is 0 Å². The van der Waals surface area contributed by atoms with E-state index < -0.39 is 0 Å². The van der Waals surface area contributed by atoms with Gasteiger partial charge in [-0.05, 0) is 0 Å². The van der Waals surface area contributed by atoms with Crippen molar-refractivity contribution in [2.45, 2.75) is 0 Å². The van der Waals surface area contributed by atoms with Gasteiger partial charge in [-0.15, -0.1) is 0 Å². The molecule has 0 aliphatic carbocycles. The monoisotopic (exact) mass is 274 g/mol. The second-order valence-corrected chi connectivity index (χ2v) is 5.79. The minimum absolute atomic E-state index is 0.278. The predicted octanol–water partition coefficient (Wildman–Crippen LogP) is 1.72. The van der Waals surface area contributed by atoms with Crippen molar-refractivity contribution in [1.82, 2.24) is 19.9 Å². The molecular formula is C11H6N4Se. The molecule has 0 saturated heterocycles. The zero-order valence-electron chi connectivity index (χ0n) is 8.14. The molecular weight excluding hydrogens is 267 g/mol. The van der Waals surface area contributed by atoms with Crippen LogP contribution in [0.5, 0.6) is 0 Å². The standard InChI is InChI=1S/C11H6N4Se/c1-2-7-10(15-5-13-7)11-6(1)9-8(16-11)3-12-4-14-9/h1-5H,(H,13,15). The van der Waals surface area contributed by atoms with Gasteiger partial charge in [0.1, 0.15) is 0 Å². The quantitative estimate of drug-likeness (QED) is 0.496. The van der Waals surface area contributed by atoms with Crippen molar-refractivity contribution >= 4 is 45.0 Å². The van der Waals surface area contributed by atoms with Crippen LogP contribution < -0.4 is 0 Å². The number of imidazole rings is 1. The van der Waals surface area contributed by atoms with Gasteiger partial charge in [0.25, 0.3) is 0 Å². The summed E-state index contributed by atoms with van der Waals surface area (Å²) in [5.74, 6) is 0. The molecule has 0 unspecified atom stereocenters. The number of nitrogens with one attached hydrogen (secondary N) is 1. The minimum atomic E-state index is 0.278. The third-order valence-electron chi connectivity index (χ3n) is 2.69. The van der Waals surface area contributed by atoms with Crippen molar-refractivity contribution in [3.05, 3.63) is 31.0 Å². The van der Waals surface area contributed by atoms with Crippen molar-refractivity contribution in [3.63, 3.8) is 0 Å². The molecule has 16 heavy (non-hydrogen) atoms. The number of aromatic nitrogens is 4. The van der Waals surface area contributed by atoms with Crippen LogP contribution >= 0.6 is 0 Å². The fourth-order valence-corrected chi connectivity index (χ4v) is 4.34. The summed E-state index contributed by atoms with van der Waals surface area (Å²) >= 11 is 0.278. The predicted molar refractivity (Wildman–Crippen MR) is 63.6 cm³/mol. The first-order valence-corrected chi connectivity index (χ1v) is 6.59. The third kappa shape index (κ3) is 0.965. The van der Waals surface area contributed by atoms with E-state index in [2.05, 4.69) is 32.1 Å². The normalized spacial score (nSPS) is 11.8. The van der Waals surface area contributed by atoms with Gasteiger partial charge >= 0.3 is 95.9 Å². The average Bonchev–Trinajstić information content (AvgIpc) is 2.92. The van der Waals surface area contributed by atoms with E-state index in [-0.39, 0.29) is 14.5 Å². The van der Waals surface area contributed by atoms with Gasteiger partial charge in [0.2, 0.25) is 0 Å². The van der Waals surface area contributed by atoms with Gasteiger partial charge in [0.05, 0.1) is 0 Å². The number of H-pyrrole nitrogens is 1. The summed E-state index contributed by atoms with van der Waals surface area (Å²) in [5, 5.41) is 1.22. The molecule has 1 N–H and O–H groups in total. The van der Waals surface area contributed by atoms with E-state index in [1.54, 1.807) is 12.7 Å². The molecule has 4 aromatic rings. The molecule has 1 aromatic carbocycles. The number of hydrogen-bond donors (Lipinski definition) is 1. The molecule has 0 fully saturated rings. The number of fused-ring (bicyclic) bond motifs is 5. The number of hydrogen-bond acceptors (Lipinski definition) is 3. The van der Waals surface area contributed by atoms with Crippen LogP contribution in [0.15, 0.2) is 31.0 Å². The van der Waals surface area contributed by atoms with Crippen LogP contribution in [0.3, 0.4) is 0 Å². The summed E-state index contributed by atoms with van der Waals surface area (Å²) in [7, 11) is 0. The second-order valence-electron chi connectivity index (χ2n) is 3.58. The molecule has 0 atom stereocenters. The summed E-state index contributed by atoms with van der Waals surface area (Å²) in [6.45, 7) is 0. The fourth-order valence-electron chi connectivity index (χ4n) is 1.98. The topological polar surface area (TPSA) is 54.5 Å². The van der Waals surface area contributed by atoms with E-state index in [4.69, 9.17) is 0 Å². The SMILES string of the molecule is c1ncc2[se]c3c(ccc4[nH]cnc43)c2n1. The number of nitrogens with zero attached hydrogens (tertiary/aromatic N) is 3. The Morgan fingerprint density at radius 2 is 2.12 bits per heavy atom. The van der Waals surface area contributed by atoms with Gasteiger partial charge < -0.3 is 0 Å².